The zero-order chi connectivity index (χ0) is 19.8. The van der Waals surface area contributed by atoms with Gasteiger partial charge in [-0.1, -0.05) is 11.2 Å². The normalized spacial score (nSPS) is 25.9. The number of rotatable bonds is 6. The Balaban J connectivity index is 1.21. The molecule has 5 rings (SSSR count). The fourth-order valence-electron chi connectivity index (χ4n) is 4.07. The van der Waals surface area contributed by atoms with Crippen LogP contribution in [0.1, 0.15) is 62.4 Å². The molecule has 156 valence electrons. The number of pyridine rings is 1. The van der Waals surface area contributed by atoms with Crippen molar-refractivity contribution in [1.29, 1.82) is 0 Å². The van der Waals surface area contributed by atoms with Crippen LogP contribution in [0.4, 0.5) is 0 Å². The Kier molecular flexibility index (Phi) is 5.11. The number of nitrogens with zero attached hydrogens (tertiary/aromatic N) is 4. The second-order valence-electron chi connectivity index (χ2n) is 8.67. The Hall–Kier alpha value is -1.87. The van der Waals surface area contributed by atoms with Gasteiger partial charge in [0.05, 0.1) is 12.2 Å². The minimum Gasteiger partial charge on any atom is -0.381 e. The van der Waals surface area contributed by atoms with E-state index in [0.717, 1.165) is 69.9 Å². The molecule has 2 saturated heterocycles. The summed E-state index contributed by atoms with van der Waals surface area (Å²) in [5.74, 6) is 1.75. The molecule has 2 aromatic heterocycles. The van der Waals surface area contributed by atoms with E-state index in [4.69, 9.17) is 19.0 Å². The third kappa shape index (κ3) is 4.21. The molecule has 1 N–H and O–H groups in total. The van der Waals surface area contributed by atoms with Gasteiger partial charge in [0.2, 0.25) is 6.41 Å². The van der Waals surface area contributed by atoms with Gasteiger partial charge in [-0.2, -0.15) is 4.98 Å². The quantitative estimate of drug-likeness (QED) is 0.740. The molecule has 3 aliphatic rings. The molecule has 8 heteroatoms. The average Bonchev–Trinajstić information content (AvgIpc) is 3.18. The second-order valence-corrected chi connectivity index (χ2v) is 8.67. The molecule has 0 amide bonds. The van der Waals surface area contributed by atoms with E-state index in [1.165, 1.54) is 0 Å². The summed E-state index contributed by atoms with van der Waals surface area (Å²) < 4.78 is 16.8. The van der Waals surface area contributed by atoms with Crippen LogP contribution in [0.3, 0.4) is 0 Å². The molecule has 1 saturated carbocycles. The molecule has 0 radical (unpaired) electrons. The van der Waals surface area contributed by atoms with Gasteiger partial charge in [-0.15, -0.1) is 0 Å². The van der Waals surface area contributed by atoms with Crippen LogP contribution >= 0.6 is 0 Å². The van der Waals surface area contributed by atoms with E-state index in [-0.39, 0.29) is 11.5 Å². The van der Waals surface area contributed by atoms with E-state index in [0.29, 0.717) is 17.5 Å². The van der Waals surface area contributed by atoms with Crippen LogP contribution in [0, 0.1) is 0 Å². The standard InChI is InChI=1S/C21H28N4O4/c1-21(8-9-21)28-20(26)25-10-5-14(6-11-25)18-23-19(29-24-18)17-4-2-3-16(22-17)15-7-12-27-13-15/h2-4,14-15,20,26H,5-13H2,1H3. The number of piperidine rings is 1. The largest absolute Gasteiger partial charge is 0.381 e. The Morgan fingerprint density at radius 3 is 2.72 bits per heavy atom. The zero-order valence-corrected chi connectivity index (χ0v) is 16.8. The summed E-state index contributed by atoms with van der Waals surface area (Å²) in [6.07, 6.45) is 3.95. The molecular weight excluding hydrogens is 372 g/mol. The fourth-order valence-corrected chi connectivity index (χ4v) is 4.07. The van der Waals surface area contributed by atoms with Crippen molar-refractivity contribution in [3.05, 3.63) is 29.7 Å². The Morgan fingerprint density at radius 1 is 1.17 bits per heavy atom. The summed E-state index contributed by atoms with van der Waals surface area (Å²) in [5.41, 5.74) is 1.60. The number of aromatic nitrogens is 3. The highest BCUT2D eigenvalue weighted by Gasteiger charge is 2.42. The van der Waals surface area contributed by atoms with Gasteiger partial charge in [-0.25, -0.2) is 4.98 Å². The van der Waals surface area contributed by atoms with Crippen molar-refractivity contribution in [1.82, 2.24) is 20.0 Å². The molecular formula is C21H28N4O4. The van der Waals surface area contributed by atoms with E-state index in [1.54, 1.807) is 0 Å². The molecule has 29 heavy (non-hydrogen) atoms. The molecule has 0 aromatic carbocycles. The minimum atomic E-state index is -0.823. The van der Waals surface area contributed by atoms with Gasteiger partial charge in [0.1, 0.15) is 5.69 Å². The number of ether oxygens (including phenoxy) is 2. The molecule has 0 bridgehead atoms. The topological polar surface area (TPSA) is 93.7 Å². The predicted octanol–water partition coefficient (Wildman–Crippen LogP) is 2.66. The maximum atomic E-state index is 10.3. The second kappa shape index (κ2) is 7.75. The van der Waals surface area contributed by atoms with Crippen LogP contribution < -0.4 is 0 Å². The van der Waals surface area contributed by atoms with Crippen LogP contribution in [-0.4, -0.2) is 63.4 Å². The third-order valence-electron chi connectivity index (χ3n) is 6.33. The van der Waals surface area contributed by atoms with Crippen LogP contribution in [0.2, 0.25) is 0 Å². The fraction of sp³-hybridized carbons (Fsp3) is 0.667. The first-order valence-electron chi connectivity index (χ1n) is 10.6. The van der Waals surface area contributed by atoms with Crippen molar-refractivity contribution < 1.29 is 19.1 Å². The lowest BCUT2D eigenvalue weighted by Crippen LogP contribution is -2.44. The molecule has 8 nitrogen and oxygen atoms in total. The summed E-state index contributed by atoms with van der Waals surface area (Å²) in [7, 11) is 0. The SMILES string of the molecule is CC1(OC(O)N2CCC(c3noc(-c4cccc(C5CCOC5)n4)n3)CC2)CC1. The molecule has 2 unspecified atom stereocenters. The molecule has 0 spiro atoms. The highest BCUT2D eigenvalue weighted by atomic mass is 16.6. The lowest BCUT2D eigenvalue weighted by atomic mass is 9.96. The summed E-state index contributed by atoms with van der Waals surface area (Å²) in [6.45, 7) is 5.06. The van der Waals surface area contributed by atoms with Crippen LogP contribution in [0.5, 0.6) is 0 Å². The Morgan fingerprint density at radius 2 is 2.00 bits per heavy atom. The van der Waals surface area contributed by atoms with E-state index < -0.39 is 6.41 Å². The summed E-state index contributed by atoms with van der Waals surface area (Å²) in [6, 6.07) is 5.93. The lowest BCUT2D eigenvalue weighted by molar-refractivity contribution is -0.226. The summed E-state index contributed by atoms with van der Waals surface area (Å²) >= 11 is 0. The maximum absolute atomic E-state index is 10.3. The van der Waals surface area contributed by atoms with Crippen LogP contribution in [0.15, 0.2) is 22.7 Å². The molecule has 4 heterocycles. The van der Waals surface area contributed by atoms with E-state index in [2.05, 4.69) is 10.1 Å². The first-order valence-corrected chi connectivity index (χ1v) is 10.6. The van der Waals surface area contributed by atoms with Crippen molar-refractivity contribution in [2.75, 3.05) is 26.3 Å². The number of aliphatic hydroxyl groups is 1. The number of likely N-dealkylation sites (tertiary alicyclic amines) is 1. The van der Waals surface area contributed by atoms with Crippen molar-refractivity contribution in [3.63, 3.8) is 0 Å². The highest BCUT2D eigenvalue weighted by Crippen LogP contribution is 2.40. The minimum absolute atomic E-state index is 0.134. The summed E-state index contributed by atoms with van der Waals surface area (Å²) in [5, 5.41) is 14.5. The smallest absolute Gasteiger partial charge is 0.276 e. The molecule has 2 atom stereocenters. The average molecular weight is 400 g/mol. The molecule has 2 aromatic rings. The van der Waals surface area contributed by atoms with E-state index >= 15 is 0 Å². The Labute approximate surface area is 170 Å². The van der Waals surface area contributed by atoms with Crippen molar-refractivity contribution in [2.45, 2.75) is 62.9 Å². The molecule has 1 aliphatic carbocycles. The van der Waals surface area contributed by atoms with Crippen molar-refractivity contribution in [3.8, 4) is 11.6 Å². The predicted molar refractivity (Wildman–Crippen MR) is 104 cm³/mol. The van der Waals surface area contributed by atoms with Crippen molar-refractivity contribution in [2.24, 2.45) is 0 Å². The van der Waals surface area contributed by atoms with Crippen LogP contribution in [0.25, 0.3) is 11.6 Å². The highest BCUT2D eigenvalue weighted by molar-refractivity contribution is 5.47. The third-order valence-corrected chi connectivity index (χ3v) is 6.33. The number of aliphatic hydroxyl groups excluding tert-OH is 1. The summed E-state index contributed by atoms with van der Waals surface area (Å²) in [4.78, 5) is 11.3. The monoisotopic (exact) mass is 400 g/mol. The van der Waals surface area contributed by atoms with Gasteiger partial charge in [0.25, 0.3) is 5.89 Å². The van der Waals surface area contributed by atoms with Gasteiger partial charge in [-0.05, 0) is 51.2 Å². The van der Waals surface area contributed by atoms with E-state index in [9.17, 15) is 5.11 Å². The van der Waals surface area contributed by atoms with Crippen molar-refractivity contribution >= 4 is 0 Å². The first-order chi connectivity index (χ1) is 14.1. The zero-order valence-electron chi connectivity index (χ0n) is 16.8. The Bertz CT molecular complexity index is 839. The lowest BCUT2D eigenvalue weighted by Gasteiger charge is -2.34. The number of hydrogen-bond acceptors (Lipinski definition) is 8. The first kappa shape index (κ1) is 19.1. The van der Waals surface area contributed by atoms with Gasteiger partial charge in [-0.3, -0.25) is 4.90 Å². The van der Waals surface area contributed by atoms with Gasteiger partial charge < -0.3 is 19.1 Å². The van der Waals surface area contributed by atoms with Gasteiger partial charge in [0.15, 0.2) is 5.82 Å². The molecule has 2 aliphatic heterocycles. The maximum Gasteiger partial charge on any atom is 0.276 e. The van der Waals surface area contributed by atoms with Gasteiger partial charge >= 0.3 is 0 Å². The molecule has 3 fully saturated rings. The number of hydrogen-bond donors (Lipinski definition) is 1. The van der Waals surface area contributed by atoms with E-state index in [1.807, 2.05) is 30.0 Å². The van der Waals surface area contributed by atoms with Gasteiger partial charge in [0, 0.05) is 37.2 Å². The van der Waals surface area contributed by atoms with Crippen LogP contribution in [-0.2, 0) is 9.47 Å².